The first-order chi connectivity index (χ1) is 13.9. The second-order valence-corrected chi connectivity index (χ2v) is 13.0. The van der Waals surface area contributed by atoms with E-state index in [9.17, 15) is 8.42 Å². The minimum Gasteiger partial charge on any atom is -0.227 e. The minimum atomic E-state index is -3.49. The molecule has 0 atom stereocenters. The van der Waals surface area contributed by atoms with E-state index in [1.165, 1.54) is 0 Å². The van der Waals surface area contributed by atoms with Crippen LogP contribution in [0.4, 0.5) is 0 Å². The second-order valence-electron chi connectivity index (χ2n) is 8.63. The normalized spacial score (nSPS) is 21.6. The number of hydrogen-bond acceptors (Lipinski definition) is 2. The maximum Gasteiger partial charge on any atom is 0.169 e. The summed E-state index contributed by atoms with van der Waals surface area (Å²) in [5.74, 6) is 0. The zero-order valence-corrected chi connectivity index (χ0v) is 20.7. The van der Waals surface area contributed by atoms with E-state index in [-0.39, 0.29) is 0 Å². The molecular weight excluding hydrogens is 512 g/mol. The molecule has 2 fully saturated rings. The Morgan fingerprint density at radius 2 is 1.00 bits per heavy atom. The Bertz CT molecular complexity index is 898. The Kier molecular flexibility index (Phi) is 6.30. The molecule has 0 aliphatic heterocycles. The van der Waals surface area contributed by atoms with Crippen molar-refractivity contribution in [1.29, 1.82) is 0 Å². The Balaban J connectivity index is 1.94. The highest BCUT2D eigenvalue weighted by atomic mass is 79.9. The van der Waals surface area contributed by atoms with Gasteiger partial charge in [-0.15, -0.1) is 0 Å². The van der Waals surface area contributed by atoms with Crippen molar-refractivity contribution in [2.24, 2.45) is 0 Å². The molecule has 2 aliphatic rings. The molecule has 0 unspecified atom stereocenters. The van der Waals surface area contributed by atoms with Gasteiger partial charge in [-0.3, -0.25) is 0 Å². The van der Waals surface area contributed by atoms with Crippen molar-refractivity contribution in [3.05, 3.63) is 68.6 Å². The lowest BCUT2D eigenvalue weighted by atomic mass is 9.82. The summed E-state index contributed by atoms with van der Waals surface area (Å²) in [6, 6.07) is 16.1. The van der Waals surface area contributed by atoms with Crippen molar-refractivity contribution in [2.75, 3.05) is 0 Å². The van der Waals surface area contributed by atoms with Gasteiger partial charge in [0.25, 0.3) is 0 Å². The quantitative estimate of drug-likeness (QED) is 0.400. The molecule has 0 bridgehead atoms. The fourth-order valence-corrected chi connectivity index (χ4v) is 9.66. The van der Waals surface area contributed by atoms with E-state index in [1.54, 1.807) is 0 Å². The monoisotopic (exact) mass is 538 g/mol. The van der Waals surface area contributed by atoms with Crippen LogP contribution in [0.15, 0.2) is 57.5 Å². The molecular formula is C24H28Br2O2S. The van der Waals surface area contributed by atoms with Crippen LogP contribution in [0, 0.1) is 0 Å². The molecule has 2 aromatic carbocycles. The molecule has 2 nitrogen and oxygen atoms in total. The summed E-state index contributed by atoms with van der Waals surface area (Å²) in [5.41, 5.74) is 1.93. The summed E-state index contributed by atoms with van der Waals surface area (Å²) in [4.78, 5) is 0. The van der Waals surface area contributed by atoms with Gasteiger partial charge in [-0.1, -0.05) is 94.7 Å². The third kappa shape index (κ3) is 3.65. The molecule has 0 aromatic heterocycles. The molecule has 0 N–H and O–H groups in total. The largest absolute Gasteiger partial charge is 0.227 e. The van der Waals surface area contributed by atoms with Gasteiger partial charge in [0.2, 0.25) is 0 Å². The highest BCUT2D eigenvalue weighted by molar-refractivity contribution is 9.10. The van der Waals surface area contributed by atoms with Crippen molar-refractivity contribution in [3.8, 4) is 0 Å². The topological polar surface area (TPSA) is 34.1 Å². The number of benzene rings is 2. The first-order valence-electron chi connectivity index (χ1n) is 10.7. The fourth-order valence-electron chi connectivity index (χ4n) is 5.59. The number of halogens is 2. The van der Waals surface area contributed by atoms with Gasteiger partial charge in [0, 0.05) is 8.95 Å². The zero-order valence-electron chi connectivity index (χ0n) is 16.7. The van der Waals surface area contributed by atoms with Gasteiger partial charge < -0.3 is 0 Å². The highest BCUT2D eigenvalue weighted by Gasteiger charge is 2.57. The standard InChI is InChI=1S/C24H28Br2O2S/c25-21-11-7-9-19(17-21)23(13-3-1-4-14-23)29(27,28)24(15-5-2-6-16-24)20-10-8-12-22(26)18-20/h7-12,17-18H,1-6,13-16H2. The zero-order chi connectivity index (χ0) is 20.5. The molecule has 0 heterocycles. The molecule has 2 aliphatic carbocycles. The van der Waals surface area contributed by atoms with Crippen molar-refractivity contribution in [3.63, 3.8) is 0 Å². The summed E-state index contributed by atoms with van der Waals surface area (Å²) in [5, 5.41) is 0. The van der Waals surface area contributed by atoms with E-state index in [1.807, 2.05) is 48.5 Å². The second kappa shape index (κ2) is 8.47. The molecule has 156 valence electrons. The van der Waals surface area contributed by atoms with E-state index >= 15 is 0 Å². The molecule has 0 saturated heterocycles. The van der Waals surface area contributed by atoms with Crippen LogP contribution in [-0.2, 0) is 19.3 Å². The van der Waals surface area contributed by atoms with Crippen LogP contribution in [-0.4, -0.2) is 8.42 Å². The van der Waals surface area contributed by atoms with Crippen LogP contribution in [0.25, 0.3) is 0 Å². The lowest BCUT2D eigenvalue weighted by molar-refractivity contribution is 0.332. The number of sulfone groups is 1. The first-order valence-corrected chi connectivity index (χ1v) is 13.7. The van der Waals surface area contributed by atoms with Gasteiger partial charge in [0.1, 0.15) is 0 Å². The SMILES string of the molecule is O=S(=O)(C1(c2cccc(Br)c2)CCCCC1)C1(c2cccc(Br)c2)CCCCC1. The van der Waals surface area contributed by atoms with Crippen LogP contribution in [0.5, 0.6) is 0 Å². The van der Waals surface area contributed by atoms with Crippen LogP contribution < -0.4 is 0 Å². The van der Waals surface area contributed by atoms with Crippen LogP contribution >= 0.6 is 31.9 Å². The van der Waals surface area contributed by atoms with Gasteiger partial charge in [-0.25, -0.2) is 8.42 Å². The van der Waals surface area contributed by atoms with Gasteiger partial charge >= 0.3 is 0 Å². The highest BCUT2D eigenvalue weighted by Crippen LogP contribution is 2.56. The predicted octanol–water partition coefficient (Wildman–Crippen LogP) is 7.65. The molecule has 5 heteroatoms. The fraction of sp³-hybridized carbons (Fsp3) is 0.500. The van der Waals surface area contributed by atoms with Crippen molar-refractivity contribution in [2.45, 2.75) is 73.7 Å². The number of rotatable bonds is 4. The van der Waals surface area contributed by atoms with Gasteiger partial charge in [0.15, 0.2) is 9.84 Å². The molecule has 29 heavy (non-hydrogen) atoms. The lowest BCUT2D eigenvalue weighted by Crippen LogP contribution is -2.50. The Hall–Kier alpha value is -0.650. The Labute approximate surface area is 191 Å². The van der Waals surface area contributed by atoms with Crippen molar-refractivity contribution >= 4 is 41.7 Å². The third-order valence-electron chi connectivity index (χ3n) is 7.05. The average Bonchev–Trinajstić information content (AvgIpc) is 2.74. The van der Waals surface area contributed by atoms with Crippen LogP contribution in [0.3, 0.4) is 0 Å². The molecule has 0 radical (unpaired) electrons. The van der Waals surface area contributed by atoms with Crippen LogP contribution in [0.2, 0.25) is 0 Å². The van der Waals surface area contributed by atoms with E-state index in [0.29, 0.717) is 0 Å². The van der Waals surface area contributed by atoms with E-state index in [4.69, 9.17) is 0 Å². The third-order valence-corrected chi connectivity index (χ3v) is 11.4. The Morgan fingerprint density at radius 1 is 0.621 bits per heavy atom. The average molecular weight is 540 g/mol. The van der Waals surface area contributed by atoms with E-state index in [2.05, 4.69) is 31.9 Å². The molecule has 0 amide bonds. The molecule has 0 spiro atoms. The maximum atomic E-state index is 14.8. The maximum absolute atomic E-state index is 14.8. The molecule has 2 aromatic rings. The number of hydrogen-bond donors (Lipinski definition) is 0. The summed E-state index contributed by atoms with van der Waals surface area (Å²) >= 11 is 7.17. The van der Waals surface area contributed by atoms with Gasteiger partial charge in [-0.2, -0.15) is 0 Å². The van der Waals surface area contributed by atoms with Gasteiger partial charge in [-0.05, 0) is 61.1 Å². The molecule has 4 rings (SSSR count). The lowest BCUT2D eigenvalue weighted by Gasteiger charge is -2.47. The van der Waals surface area contributed by atoms with E-state index in [0.717, 1.165) is 84.3 Å². The summed E-state index contributed by atoms with van der Waals surface area (Å²) in [6.45, 7) is 0. The summed E-state index contributed by atoms with van der Waals surface area (Å²) < 4.78 is 29.9. The minimum absolute atomic E-state index is 0.724. The summed E-state index contributed by atoms with van der Waals surface area (Å²) in [7, 11) is -3.49. The summed E-state index contributed by atoms with van der Waals surface area (Å²) in [6.07, 6.45) is 9.03. The first kappa shape index (κ1) is 21.6. The Morgan fingerprint density at radius 3 is 1.34 bits per heavy atom. The van der Waals surface area contributed by atoms with Crippen LogP contribution in [0.1, 0.15) is 75.3 Å². The molecule has 2 saturated carbocycles. The smallest absolute Gasteiger partial charge is 0.169 e. The van der Waals surface area contributed by atoms with Gasteiger partial charge in [0.05, 0.1) is 9.49 Å². The van der Waals surface area contributed by atoms with Crippen molar-refractivity contribution in [1.82, 2.24) is 0 Å². The van der Waals surface area contributed by atoms with Crippen molar-refractivity contribution < 1.29 is 8.42 Å². The predicted molar refractivity (Wildman–Crippen MR) is 127 cm³/mol. The van der Waals surface area contributed by atoms with E-state index < -0.39 is 19.3 Å².